The second kappa shape index (κ2) is 7.77. The molecule has 26 heavy (non-hydrogen) atoms. The number of carbonyl (C=O) groups is 1. The van der Waals surface area contributed by atoms with Crippen LogP contribution >= 0.6 is 23.2 Å². The van der Waals surface area contributed by atoms with Crippen molar-refractivity contribution in [2.45, 2.75) is 24.7 Å². The molecule has 1 fully saturated rings. The van der Waals surface area contributed by atoms with Gasteiger partial charge in [0, 0.05) is 16.6 Å². The molecule has 0 unspecified atom stereocenters. The van der Waals surface area contributed by atoms with Gasteiger partial charge >= 0.3 is 0 Å². The Kier molecular flexibility index (Phi) is 5.64. The topological polar surface area (TPSA) is 47.6 Å². The van der Waals surface area contributed by atoms with Crippen molar-refractivity contribution in [2.24, 2.45) is 0 Å². The van der Waals surface area contributed by atoms with E-state index in [1.807, 2.05) is 24.3 Å². The predicted molar refractivity (Wildman–Crippen MR) is 104 cm³/mol. The molecule has 2 aromatic rings. The Balaban J connectivity index is 1.66. The second-order valence-corrected chi connectivity index (χ2v) is 7.24. The number of methoxy groups -OCH3 is 2. The molecule has 4 nitrogen and oxygen atoms in total. The van der Waals surface area contributed by atoms with E-state index >= 15 is 0 Å². The Morgan fingerprint density at radius 3 is 2.42 bits per heavy atom. The standard InChI is InChI=1S/C20H21Cl2NO3/c1-25-17-6-4-14(11-18(17)26-2)20(8-9-20)19(24)23-10-7-13-3-5-15(21)12-16(13)22/h3-6,11-12H,7-10H2,1-2H3,(H,23,24). The van der Waals surface area contributed by atoms with Crippen molar-refractivity contribution in [2.75, 3.05) is 20.8 Å². The summed E-state index contributed by atoms with van der Waals surface area (Å²) in [6, 6.07) is 11.1. The number of ether oxygens (including phenoxy) is 2. The van der Waals surface area contributed by atoms with E-state index in [9.17, 15) is 4.79 Å². The lowest BCUT2D eigenvalue weighted by atomic mass is 9.94. The first-order chi connectivity index (χ1) is 12.5. The summed E-state index contributed by atoms with van der Waals surface area (Å²) in [5, 5.41) is 4.26. The van der Waals surface area contributed by atoms with Gasteiger partial charge in [-0.05, 0) is 54.7 Å². The zero-order valence-corrected chi connectivity index (χ0v) is 16.3. The van der Waals surface area contributed by atoms with Gasteiger partial charge in [-0.3, -0.25) is 4.79 Å². The zero-order chi connectivity index (χ0) is 18.7. The SMILES string of the molecule is COc1ccc(C2(C(=O)NCCc3ccc(Cl)cc3Cl)CC2)cc1OC. The molecular formula is C20H21Cl2NO3. The summed E-state index contributed by atoms with van der Waals surface area (Å²) in [6.45, 7) is 0.523. The average Bonchev–Trinajstić information content (AvgIpc) is 3.44. The van der Waals surface area contributed by atoms with E-state index in [0.29, 0.717) is 34.5 Å². The van der Waals surface area contributed by atoms with Crippen LogP contribution in [0.25, 0.3) is 0 Å². The van der Waals surface area contributed by atoms with Gasteiger partial charge in [0.05, 0.1) is 19.6 Å². The summed E-state index contributed by atoms with van der Waals surface area (Å²) in [5.41, 5.74) is 1.45. The van der Waals surface area contributed by atoms with E-state index in [-0.39, 0.29) is 5.91 Å². The summed E-state index contributed by atoms with van der Waals surface area (Å²) >= 11 is 12.1. The highest BCUT2D eigenvalue weighted by Crippen LogP contribution is 2.50. The van der Waals surface area contributed by atoms with Gasteiger partial charge in [-0.2, -0.15) is 0 Å². The molecule has 0 atom stereocenters. The summed E-state index contributed by atoms with van der Waals surface area (Å²) in [4.78, 5) is 12.8. The largest absolute Gasteiger partial charge is 0.493 e. The number of halogens is 2. The van der Waals surface area contributed by atoms with Crippen molar-refractivity contribution in [3.63, 3.8) is 0 Å². The molecule has 0 radical (unpaired) electrons. The summed E-state index contributed by atoms with van der Waals surface area (Å²) in [6.07, 6.45) is 2.32. The average molecular weight is 394 g/mol. The molecule has 0 saturated heterocycles. The normalized spacial score (nSPS) is 14.6. The van der Waals surface area contributed by atoms with Crippen LogP contribution in [-0.4, -0.2) is 26.7 Å². The molecule has 6 heteroatoms. The predicted octanol–water partition coefficient (Wildman–Crippen LogP) is 4.40. The van der Waals surface area contributed by atoms with Crippen LogP contribution in [0.3, 0.4) is 0 Å². The fourth-order valence-corrected chi connectivity index (χ4v) is 3.61. The van der Waals surface area contributed by atoms with Gasteiger partial charge in [0.25, 0.3) is 0 Å². The lowest BCUT2D eigenvalue weighted by Crippen LogP contribution is -2.36. The third-order valence-corrected chi connectivity index (χ3v) is 5.40. The number of amides is 1. The van der Waals surface area contributed by atoms with Crippen molar-refractivity contribution in [3.8, 4) is 11.5 Å². The van der Waals surface area contributed by atoms with E-state index in [1.54, 1.807) is 26.4 Å². The number of benzene rings is 2. The van der Waals surface area contributed by atoms with Gasteiger partial charge in [0.2, 0.25) is 5.91 Å². The first-order valence-electron chi connectivity index (χ1n) is 8.45. The van der Waals surface area contributed by atoms with Gasteiger partial charge in [0.15, 0.2) is 11.5 Å². The Labute approximate surface area is 163 Å². The molecule has 3 rings (SSSR count). The van der Waals surface area contributed by atoms with Crippen molar-refractivity contribution in [1.82, 2.24) is 5.32 Å². The number of rotatable bonds is 7. The molecule has 2 aromatic carbocycles. The van der Waals surface area contributed by atoms with Crippen molar-refractivity contribution >= 4 is 29.1 Å². The quantitative estimate of drug-likeness (QED) is 0.757. The Morgan fingerprint density at radius 2 is 1.81 bits per heavy atom. The Morgan fingerprint density at radius 1 is 1.08 bits per heavy atom. The highest BCUT2D eigenvalue weighted by Gasteiger charge is 2.51. The zero-order valence-electron chi connectivity index (χ0n) is 14.8. The van der Waals surface area contributed by atoms with E-state index in [2.05, 4.69) is 5.32 Å². The molecule has 0 aliphatic heterocycles. The molecular weight excluding hydrogens is 373 g/mol. The molecule has 0 aromatic heterocycles. The van der Waals surface area contributed by atoms with Crippen LogP contribution in [0, 0.1) is 0 Å². The van der Waals surface area contributed by atoms with Gasteiger partial charge in [-0.15, -0.1) is 0 Å². The third-order valence-electron chi connectivity index (χ3n) is 4.82. The molecule has 1 aliphatic carbocycles. The third kappa shape index (κ3) is 3.76. The van der Waals surface area contributed by atoms with E-state index < -0.39 is 5.41 Å². The highest BCUT2D eigenvalue weighted by atomic mass is 35.5. The molecule has 1 saturated carbocycles. The summed E-state index contributed by atoms with van der Waals surface area (Å²) in [7, 11) is 3.19. The van der Waals surface area contributed by atoms with E-state index in [0.717, 1.165) is 24.0 Å². The minimum atomic E-state index is -0.469. The minimum absolute atomic E-state index is 0.0369. The minimum Gasteiger partial charge on any atom is -0.493 e. The van der Waals surface area contributed by atoms with Crippen LogP contribution in [0.4, 0.5) is 0 Å². The van der Waals surface area contributed by atoms with Crippen LogP contribution in [0.2, 0.25) is 10.0 Å². The smallest absolute Gasteiger partial charge is 0.230 e. The molecule has 0 heterocycles. The maximum Gasteiger partial charge on any atom is 0.230 e. The molecule has 138 valence electrons. The number of hydrogen-bond acceptors (Lipinski definition) is 3. The molecule has 0 bridgehead atoms. The van der Waals surface area contributed by atoms with Gasteiger partial charge in [-0.1, -0.05) is 35.3 Å². The van der Waals surface area contributed by atoms with Gasteiger partial charge < -0.3 is 14.8 Å². The van der Waals surface area contributed by atoms with Crippen LogP contribution in [0.1, 0.15) is 24.0 Å². The first kappa shape index (κ1) is 18.9. The van der Waals surface area contributed by atoms with Crippen LogP contribution < -0.4 is 14.8 Å². The number of nitrogens with one attached hydrogen (secondary N) is 1. The van der Waals surface area contributed by atoms with Crippen molar-refractivity contribution in [3.05, 3.63) is 57.6 Å². The van der Waals surface area contributed by atoms with Crippen LogP contribution in [0.15, 0.2) is 36.4 Å². The van der Waals surface area contributed by atoms with Gasteiger partial charge in [0.1, 0.15) is 0 Å². The number of carbonyl (C=O) groups excluding carboxylic acids is 1. The van der Waals surface area contributed by atoms with E-state index in [1.165, 1.54) is 0 Å². The molecule has 1 N–H and O–H groups in total. The Hall–Kier alpha value is -1.91. The lowest BCUT2D eigenvalue weighted by molar-refractivity contribution is -0.123. The highest BCUT2D eigenvalue weighted by molar-refractivity contribution is 6.35. The first-order valence-corrected chi connectivity index (χ1v) is 9.20. The lowest BCUT2D eigenvalue weighted by Gasteiger charge is -2.18. The summed E-state index contributed by atoms with van der Waals surface area (Å²) < 4.78 is 10.6. The maximum absolute atomic E-state index is 12.8. The monoisotopic (exact) mass is 393 g/mol. The molecule has 1 aliphatic rings. The fourth-order valence-electron chi connectivity index (χ4n) is 3.11. The summed E-state index contributed by atoms with van der Waals surface area (Å²) in [5.74, 6) is 1.33. The maximum atomic E-state index is 12.8. The van der Waals surface area contributed by atoms with Crippen molar-refractivity contribution < 1.29 is 14.3 Å². The van der Waals surface area contributed by atoms with Crippen molar-refractivity contribution in [1.29, 1.82) is 0 Å². The van der Waals surface area contributed by atoms with Gasteiger partial charge in [-0.25, -0.2) is 0 Å². The fraction of sp³-hybridized carbons (Fsp3) is 0.350. The van der Waals surface area contributed by atoms with Crippen LogP contribution in [0.5, 0.6) is 11.5 Å². The molecule has 1 amide bonds. The Bertz CT molecular complexity index is 819. The molecule has 0 spiro atoms. The van der Waals surface area contributed by atoms with Crippen LogP contribution in [-0.2, 0) is 16.6 Å². The second-order valence-electron chi connectivity index (χ2n) is 6.39. The number of hydrogen-bond donors (Lipinski definition) is 1. The van der Waals surface area contributed by atoms with E-state index in [4.69, 9.17) is 32.7 Å².